The van der Waals surface area contributed by atoms with E-state index in [0.29, 0.717) is 10.2 Å². The fourth-order valence-electron chi connectivity index (χ4n) is 1.76. The van der Waals surface area contributed by atoms with Gasteiger partial charge in [-0.1, -0.05) is 0 Å². The fourth-order valence-corrected chi connectivity index (χ4v) is 2.74. The van der Waals surface area contributed by atoms with Gasteiger partial charge >= 0.3 is 6.18 Å². The molecule has 2 aromatic rings. The summed E-state index contributed by atoms with van der Waals surface area (Å²) < 4.78 is 38.6. The van der Waals surface area contributed by atoms with Gasteiger partial charge < -0.3 is 5.32 Å². The Bertz CT molecular complexity index is 606. The quantitative estimate of drug-likeness (QED) is 0.855. The molecule has 0 radical (unpaired) electrons. The fraction of sp³-hybridized carbons (Fsp3) is 0.400. The predicted octanol–water partition coefficient (Wildman–Crippen LogP) is 3.85. The van der Waals surface area contributed by atoms with E-state index in [0.717, 1.165) is 0 Å². The van der Waals surface area contributed by atoms with E-state index in [1.807, 2.05) is 0 Å². The molecule has 0 saturated heterocycles. The van der Waals surface area contributed by atoms with E-state index < -0.39 is 11.7 Å². The van der Waals surface area contributed by atoms with Gasteiger partial charge in [0.2, 0.25) is 5.28 Å². The highest BCUT2D eigenvalue weighted by molar-refractivity contribution is 7.16. The third-order valence-corrected chi connectivity index (χ3v) is 3.92. The number of hydrogen-bond acceptors (Lipinski definition) is 4. The van der Waals surface area contributed by atoms with Crippen LogP contribution in [0.4, 0.5) is 19.0 Å². The third kappa shape index (κ3) is 1.81. The Labute approximate surface area is 109 Å². The van der Waals surface area contributed by atoms with E-state index in [2.05, 4.69) is 15.3 Å². The first-order valence-corrected chi connectivity index (χ1v) is 6.43. The van der Waals surface area contributed by atoms with Gasteiger partial charge in [0.05, 0.1) is 5.39 Å². The number of fused-ring (bicyclic) bond motifs is 1. The van der Waals surface area contributed by atoms with Gasteiger partial charge in [-0.3, -0.25) is 0 Å². The molecule has 0 aromatic carbocycles. The molecular weight excluding hydrogens is 287 g/mol. The standard InChI is InChI=1S/C10H7ClF3N3S/c11-8-15-6(5-1-4-18-7(5)16-8)17-9(2-3-9)10(12,13)14/h1,4H,2-3H2,(H,15,16,17). The highest BCUT2D eigenvalue weighted by Crippen LogP contribution is 2.51. The van der Waals surface area contributed by atoms with Gasteiger partial charge in [-0.2, -0.15) is 13.2 Å². The van der Waals surface area contributed by atoms with Gasteiger partial charge in [-0.05, 0) is 35.9 Å². The second-order valence-corrected chi connectivity index (χ2v) is 5.42. The summed E-state index contributed by atoms with van der Waals surface area (Å²) in [7, 11) is 0. The van der Waals surface area contributed by atoms with E-state index in [9.17, 15) is 13.2 Å². The van der Waals surface area contributed by atoms with Gasteiger partial charge in [0.1, 0.15) is 16.2 Å². The van der Waals surface area contributed by atoms with Crippen molar-refractivity contribution in [1.82, 2.24) is 9.97 Å². The Morgan fingerprint density at radius 2 is 2.06 bits per heavy atom. The number of alkyl halides is 3. The number of nitrogens with one attached hydrogen (secondary N) is 1. The second kappa shape index (κ2) is 3.71. The summed E-state index contributed by atoms with van der Waals surface area (Å²) in [6.45, 7) is 0. The van der Waals surface area contributed by atoms with Crippen molar-refractivity contribution in [2.45, 2.75) is 24.6 Å². The summed E-state index contributed by atoms with van der Waals surface area (Å²) in [6, 6.07) is 1.69. The monoisotopic (exact) mass is 293 g/mol. The lowest BCUT2D eigenvalue weighted by molar-refractivity contribution is -0.151. The molecule has 1 aliphatic rings. The Morgan fingerprint density at radius 3 is 2.67 bits per heavy atom. The van der Waals surface area contributed by atoms with E-state index in [-0.39, 0.29) is 23.9 Å². The van der Waals surface area contributed by atoms with Crippen LogP contribution in [-0.2, 0) is 0 Å². The summed E-state index contributed by atoms with van der Waals surface area (Å²) in [4.78, 5) is 8.40. The van der Waals surface area contributed by atoms with Crippen molar-refractivity contribution >= 4 is 39.0 Å². The topological polar surface area (TPSA) is 37.8 Å². The maximum atomic E-state index is 12.9. The van der Waals surface area contributed by atoms with E-state index >= 15 is 0 Å². The van der Waals surface area contributed by atoms with Gasteiger partial charge in [-0.25, -0.2) is 9.97 Å². The third-order valence-electron chi connectivity index (χ3n) is 2.95. The van der Waals surface area contributed by atoms with Crippen LogP contribution in [0.1, 0.15) is 12.8 Å². The lowest BCUT2D eigenvalue weighted by Gasteiger charge is -2.21. The molecule has 96 valence electrons. The van der Waals surface area contributed by atoms with Crippen LogP contribution in [0.5, 0.6) is 0 Å². The molecule has 0 aliphatic heterocycles. The zero-order valence-corrected chi connectivity index (χ0v) is 10.5. The number of aromatic nitrogens is 2. The lowest BCUT2D eigenvalue weighted by atomic mass is 10.2. The first kappa shape index (κ1) is 12.0. The Hall–Kier alpha value is -1.08. The van der Waals surface area contributed by atoms with Gasteiger partial charge in [-0.15, -0.1) is 11.3 Å². The maximum absolute atomic E-state index is 12.9. The van der Waals surface area contributed by atoms with Crippen molar-refractivity contribution in [3.63, 3.8) is 0 Å². The Balaban J connectivity index is 2.03. The van der Waals surface area contributed by atoms with Crippen molar-refractivity contribution in [3.05, 3.63) is 16.7 Å². The zero-order chi connectivity index (χ0) is 13.0. The number of rotatable bonds is 2. The highest BCUT2D eigenvalue weighted by atomic mass is 35.5. The number of halogens is 4. The average Bonchev–Trinajstić information content (AvgIpc) is 2.88. The first-order chi connectivity index (χ1) is 8.41. The predicted molar refractivity (Wildman–Crippen MR) is 64.1 cm³/mol. The van der Waals surface area contributed by atoms with Crippen molar-refractivity contribution in [3.8, 4) is 0 Å². The van der Waals surface area contributed by atoms with Crippen molar-refractivity contribution in [1.29, 1.82) is 0 Å². The van der Waals surface area contributed by atoms with E-state index in [1.54, 1.807) is 11.4 Å². The number of nitrogens with zero attached hydrogens (tertiary/aromatic N) is 2. The number of anilines is 1. The van der Waals surface area contributed by atoms with Crippen molar-refractivity contribution < 1.29 is 13.2 Å². The minimum Gasteiger partial charge on any atom is -0.356 e. The average molecular weight is 294 g/mol. The highest BCUT2D eigenvalue weighted by Gasteiger charge is 2.63. The Morgan fingerprint density at radius 1 is 1.33 bits per heavy atom. The van der Waals surface area contributed by atoms with Gasteiger partial charge in [0.15, 0.2) is 0 Å². The number of hydrogen-bond donors (Lipinski definition) is 1. The Kier molecular flexibility index (Phi) is 2.47. The van der Waals surface area contributed by atoms with Crippen LogP contribution >= 0.6 is 22.9 Å². The van der Waals surface area contributed by atoms with Crippen LogP contribution in [0.3, 0.4) is 0 Å². The normalized spacial score (nSPS) is 18.0. The van der Waals surface area contributed by atoms with Crippen LogP contribution in [-0.4, -0.2) is 21.7 Å². The second-order valence-electron chi connectivity index (χ2n) is 4.19. The van der Waals surface area contributed by atoms with Gasteiger partial charge in [0, 0.05) is 0 Å². The largest absolute Gasteiger partial charge is 0.411 e. The molecule has 18 heavy (non-hydrogen) atoms. The molecule has 0 unspecified atom stereocenters. The molecule has 2 aromatic heterocycles. The molecule has 0 bridgehead atoms. The summed E-state index contributed by atoms with van der Waals surface area (Å²) in [5.74, 6) is 0.154. The van der Waals surface area contributed by atoms with Crippen LogP contribution in [0.25, 0.3) is 10.2 Å². The van der Waals surface area contributed by atoms with Gasteiger partial charge in [0.25, 0.3) is 0 Å². The maximum Gasteiger partial charge on any atom is 0.411 e. The van der Waals surface area contributed by atoms with E-state index in [1.165, 1.54) is 11.3 Å². The summed E-state index contributed by atoms with van der Waals surface area (Å²) >= 11 is 7.02. The van der Waals surface area contributed by atoms with Crippen LogP contribution < -0.4 is 5.32 Å². The SMILES string of the molecule is FC(F)(F)C1(Nc2nc(Cl)nc3sccc23)CC1. The van der Waals surface area contributed by atoms with Crippen LogP contribution in [0.2, 0.25) is 5.28 Å². The first-order valence-electron chi connectivity index (χ1n) is 5.17. The molecular formula is C10H7ClF3N3S. The minimum absolute atomic E-state index is 0.0505. The van der Waals surface area contributed by atoms with Crippen LogP contribution in [0, 0.1) is 0 Å². The minimum atomic E-state index is -4.28. The lowest BCUT2D eigenvalue weighted by Crippen LogP contribution is -2.39. The smallest absolute Gasteiger partial charge is 0.356 e. The molecule has 1 saturated carbocycles. The van der Waals surface area contributed by atoms with Crippen LogP contribution in [0.15, 0.2) is 11.4 Å². The molecule has 1 fully saturated rings. The van der Waals surface area contributed by atoms with Crippen molar-refractivity contribution in [2.75, 3.05) is 5.32 Å². The summed E-state index contributed by atoms with van der Waals surface area (Å²) in [5, 5.41) is 4.75. The molecule has 2 heterocycles. The molecule has 3 rings (SSSR count). The zero-order valence-electron chi connectivity index (χ0n) is 8.88. The van der Waals surface area contributed by atoms with Crippen molar-refractivity contribution in [2.24, 2.45) is 0 Å². The molecule has 1 aliphatic carbocycles. The molecule has 8 heteroatoms. The summed E-state index contributed by atoms with van der Waals surface area (Å²) in [6.07, 6.45) is -4.17. The summed E-state index contributed by atoms with van der Waals surface area (Å²) in [5.41, 5.74) is -1.85. The molecule has 0 spiro atoms. The molecule has 0 atom stereocenters. The molecule has 3 nitrogen and oxygen atoms in total. The number of thiophene rings is 1. The molecule has 0 amide bonds. The molecule has 1 N–H and O–H groups in total. The van der Waals surface area contributed by atoms with E-state index in [4.69, 9.17) is 11.6 Å².